The first-order chi connectivity index (χ1) is 12.9. The van der Waals surface area contributed by atoms with Crippen LogP contribution in [0.25, 0.3) is 0 Å². The van der Waals surface area contributed by atoms with E-state index >= 15 is 0 Å². The second kappa shape index (κ2) is 23.9. The molecule has 1 atom stereocenters. The van der Waals surface area contributed by atoms with Gasteiger partial charge in [-0.25, -0.2) is 0 Å². The Balaban J connectivity index is -0.000000320. The van der Waals surface area contributed by atoms with Crippen LogP contribution in [0.4, 0.5) is 0 Å². The van der Waals surface area contributed by atoms with Crippen LogP contribution in [-0.4, -0.2) is 26.5 Å². The minimum absolute atomic E-state index is 0.473. The van der Waals surface area contributed by atoms with Crippen molar-refractivity contribution in [2.75, 3.05) is 13.1 Å². The number of nitrogens with zero attached hydrogens (tertiary/aromatic N) is 2. The summed E-state index contributed by atoms with van der Waals surface area (Å²) in [7, 11) is 0. The van der Waals surface area contributed by atoms with Crippen LogP contribution < -0.4 is 5.73 Å². The van der Waals surface area contributed by atoms with Crippen molar-refractivity contribution in [3.8, 4) is 12.0 Å². The normalized spacial score (nSPS) is 11.5. The molecular weight excluding hydrogens is 330 g/mol. The monoisotopic (exact) mass is 373 g/mol. The van der Waals surface area contributed by atoms with Crippen LogP contribution in [0.5, 0.6) is 0 Å². The number of hydrogen-bond acceptors (Lipinski definition) is 3. The summed E-state index contributed by atoms with van der Waals surface area (Å²) in [4.78, 5) is 7.61. The maximum absolute atomic E-state index is 5.00. The van der Waals surface area contributed by atoms with Gasteiger partial charge < -0.3 is 5.73 Å². The highest BCUT2D eigenvalue weighted by Gasteiger charge is 1.98. The average molecular weight is 374 g/mol. The van der Waals surface area contributed by atoms with Gasteiger partial charge in [-0.2, -0.15) is 0 Å². The Labute approximate surface area is 169 Å². The third-order valence-corrected chi connectivity index (χ3v) is 3.96. The summed E-state index contributed by atoms with van der Waals surface area (Å²) in [6.07, 6.45) is 9.94. The third-order valence-electron chi connectivity index (χ3n) is 3.96. The number of rotatable bonds is 10. The Morgan fingerprint density at radius 2 is 1.33 bits per heavy atom. The zero-order chi connectivity index (χ0) is 21.5. The highest BCUT2D eigenvalue weighted by Crippen LogP contribution is 2.09. The molecule has 0 fully saturated rings. The van der Waals surface area contributed by atoms with E-state index in [1.54, 1.807) is 0 Å². The van der Waals surface area contributed by atoms with Crippen LogP contribution in [0.15, 0.2) is 45.4 Å². The molecule has 0 rings (SSSR count). The Hall–Kier alpha value is -2.08. The SMILES string of the molecule is C=C(C#CN)C(C)CC.C=NC/C(=C/CC)CC.C=NC/C(=C\CC)CC. The van der Waals surface area contributed by atoms with E-state index in [2.05, 4.69) is 95.7 Å². The van der Waals surface area contributed by atoms with Crippen molar-refractivity contribution >= 4 is 13.4 Å². The van der Waals surface area contributed by atoms with Gasteiger partial charge in [0.1, 0.15) is 0 Å². The molecule has 0 bridgehead atoms. The quantitative estimate of drug-likeness (QED) is 0.205. The van der Waals surface area contributed by atoms with Crippen LogP contribution in [0.3, 0.4) is 0 Å². The molecule has 154 valence electrons. The molecular formula is C24H43N3. The fourth-order valence-corrected chi connectivity index (χ4v) is 1.97. The summed E-state index contributed by atoms with van der Waals surface area (Å²) in [6, 6.07) is 2.33. The van der Waals surface area contributed by atoms with E-state index in [1.165, 1.54) is 11.1 Å². The van der Waals surface area contributed by atoms with E-state index in [4.69, 9.17) is 5.73 Å². The largest absolute Gasteiger partial charge is 0.359 e. The zero-order valence-electron chi connectivity index (χ0n) is 18.8. The Kier molecular flexibility index (Phi) is 26.3. The molecule has 0 saturated carbocycles. The molecule has 27 heavy (non-hydrogen) atoms. The highest BCUT2D eigenvalue weighted by atomic mass is 14.7. The molecule has 0 amide bonds. The molecule has 3 nitrogen and oxygen atoms in total. The number of allylic oxidation sites excluding steroid dienone is 3. The number of hydrogen-bond donors (Lipinski definition) is 1. The molecule has 3 heteroatoms. The minimum atomic E-state index is 0.473. The van der Waals surface area contributed by atoms with Crippen molar-refractivity contribution in [3.05, 3.63) is 35.5 Å². The van der Waals surface area contributed by atoms with Crippen molar-refractivity contribution in [1.82, 2.24) is 0 Å². The molecule has 0 aliphatic carbocycles. The predicted octanol–water partition coefficient (Wildman–Crippen LogP) is 6.38. The summed E-state index contributed by atoms with van der Waals surface area (Å²) in [5.74, 6) is 3.20. The van der Waals surface area contributed by atoms with Crippen molar-refractivity contribution in [1.29, 1.82) is 0 Å². The van der Waals surface area contributed by atoms with Gasteiger partial charge in [0, 0.05) is 6.04 Å². The van der Waals surface area contributed by atoms with Gasteiger partial charge in [0.25, 0.3) is 0 Å². The van der Waals surface area contributed by atoms with E-state index in [-0.39, 0.29) is 0 Å². The molecule has 0 heterocycles. The van der Waals surface area contributed by atoms with Gasteiger partial charge in [-0.3, -0.25) is 9.98 Å². The Morgan fingerprint density at radius 1 is 0.926 bits per heavy atom. The molecule has 0 aromatic rings. The van der Waals surface area contributed by atoms with Crippen molar-refractivity contribution in [2.45, 2.75) is 73.6 Å². The number of aliphatic imine (C=N–C) groups is 2. The molecule has 0 aliphatic heterocycles. The molecule has 0 aromatic heterocycles. The minimum Gasteiger partial charge on any atom is -0.359 e. The maximum atomic E-state index is 5.00. The van der Waals surface area contributed by atoms with Gasteiger partial charge in [-0.15, -0.1) is 0 Å². The molecule has 0 radical (unpaired) electrons. The second-order valence-electron chi connectivity index (χ2n) is 6.12. The highest BCUT2D eigenvalue weighted by molar-refractivity contribution is 5.26. The standard InChI is InChI=1S/C8H13N.2C8H15N/c1-4-7(2)8(3)5-6-9;2*1-4-6-8(5-2)7-9-3/h7H,3-4,9H2,1-2H3;2*6H,3-5,7H2,1-2H3/b;8-6+;8-6-. The van der Waals surface area contributed by atoms with E-state index < -0.39 is 0 Å². The van der Waals surface area contributed by atoms with Gasteiger partial charge in [0.05, 0.1) is 13.1 Å². The fraction of sp³-hybridized carbons (Fsp3) is 0.583. The van der Waals surface area contributed by atoms with Crippen LogP contribution >= 0.6 is 0 Å². The van der Waals surface area contributed by atoms with Crippen LogP contribution in [0, 0.1) is 17.9 Å². The third kappa shape index (κ3) is 21.9. The lowest BCUT2D eigenvalue weighted by Crippen LogP contribution is -1.94. The molecule has 1 unspecified atom stereocenters. The molecule has 2 N–H and O–H groups in total. The summed E-state index contributed by atoms with van der Waals surface area (Å²) in [5, 5.41) is 0. The van der Waals surface area contributed by atoms with Gasteiger partial charge in [0.2, 0.25) is 0 Å². The lowest BCUT2D eigenvalue weighted by Gasteiger charge is -2.03. The van der Waals surface area contributed by atoms with E-state index in [0.717, 1.165) is 50.8 Å². The molecule has 0 aromatic carbocycles. The summed E-state index contributed by atoms with van der Waals surface area (Å²) >= 11 is 0. The van der Waals surface area contributed by atoms with E-state index in [9.17, 15) is 0 Å². The lowest BCUT2D eigenvalue weighted by atomic mass is 10.0. The van der Waals surface area contributed by atoms with E-state index in [0.29, 0.717) is 5.92 Å². The van der Waals surface area contributed by atoms with Crippen LogP contribution in [-0.2, 0) is 0 Å². The Bertz CT molecular complexity index is 473. The lowest BCUT2D eigenvalue weighted by molar-refractivity contribution is 0.677. The Morgan fingerprint density at radius 3 is 1.56 bits per heavy atom. The maximum Gasteiger partial charge on any atom is 0.0592 e. The average Bonchev–Trinajstić information content (AvgIpc) is 2.68. The van der Waals surface area contributed by atoms with Gasteiger partial charge in [-0.1, -0.05) is 71.4 Å². The second-order valence-corrected chi connectivity index (χ2v) is 6.12. The summed E-state index contributed by atoms with van der Waals surface area (Å²) in [5.41, 5.74) is 8.72. The van der Waals surface area contributed by atoms with Crippen LogP contribution in [0.2, 0.25) is 0 Å². The summed E-state index contributed by atoms with van der Waals surface area (Å²) in [6.45, 7) is 25.0. The first-order valence-corrected chi connectivity index (χ1v) is 10.0. The molecule has 0 aliphatic rings. The van der Waals surface area contributed by atoms with Gasteiger partial charge in [0.15, 0.2) is 0 Å². The zero-order valence-corrected chi connectivity index (χ0v) is 18.8. The smallest absolute Gasteiger partial charge is 0.0592 e. The molecule has 0 spiro atoms. The van der Waals surface area contributed by atoms with Gasteiger partial charge in [-0.05, 0) is 63.0 Å². The fourth-order valence-electron chi connectivity index (χ4n) is 1.97. The molecule has 0 saturated heterocycles. The van der Waals surface area contributed by atoms with Crippen LogP contribution in [0.1, 0.15) is 73.6 Å². The van der Waals surface area contributed by atoms with Crippen molar-refractivity contribution in [3.63, 3.8) is 0 Å². The first kappa shape index (κ1) is 29.7. The number of nitrogens with two attached hydrogens (primary N) is 1. The van der Waals surface area contributed by atoms with E-state index in [1.807, 2.05) is 0 Å². The van der Waals surface area contributed by atoms with Crippen molar-refractivity contribution in [2.24, 2.45) is 21.6 Å². The van der Waals surface area contributed by atoms with Crippen molar-refractivity contribution < 1.29 is 0 Å². The summed E-state index contributed by atoms with van der Waals surface area (Å²) < 4.78 is 0. The predicted molar refractivity (Wildman–Crippen MR) is 127 cm³/mol. The van der Waals surface area contributed by atoms with Gasteiger partial charge >= 0.3 is 0 Å². The topological polar surface area (TPSA) is 50.7 Å². The first-order valence-electron chi connectivity index (χ1n) is 10.0.